The summed E-state index contributed by atoms with van der Waals surface area (Å²) in [6.07, 6.45) is 5.56. The molecule has 0 aromatic carbocycles. The fourth-order valence-corrected chi connectivity index (χ4v) is 1.30. The van der Waals surface area contributed by atoms with Gasteiger partial charge in [0.15, 0.2) is 0 Å². The van der Waals surface area contributed by atoms with Crippen LogP contribution in [0.4, 0.5) is 0 Å². The van der Waals surface area contributed by atoms with Crippen LogP contribution in [0.1, 0.15) is 19.9 Å². The zero-order chi connectivity index (χ0) is 9.97. The highest BCUT2D eigenvalue weighted by Crippen LogP contribution is 2.16. The van der Waals surface area contributed by atoms with Crippen LogP contribution < -0.4 is 0 Å². The van der Waals surface area contributed by atoms with Gasteiger partial charge in [0.25, 0.3) is 0 Å². The van der Waals surface area contributed by atoms with Crippen LogP contribution in [0, 0.1) is 0 Å². The second kappa shape index (κ2) is 3.62. The van der Waals surface area contributed by atoms with Crippen molar-refractivity contribution < 1.29 is 0 Å². The van der Waals surface area contributed by atoms with Gasteiger partial charge in [-0.05, 0) is 32.0 Å². The van der Waals surface area contributed by atoms with Gasteiger partial charge in [0, 0.05) is 30.2 Å². The average molecular weight is 187 g/mol. The highest BCUT2D eigenvalue weighted by Gasteiger charge is 2.03. The summed E-state index contributed by atoms with van der Waals surface area (Å²) >= 11 is 0. The van der Waals surface area contributed by atoms with Crippen LogP contribution in [0.2, 0.25) is 0 Å². The van der Waals surface area contributed by atoms with E-state index in [1.54, 1.807) is 12.4 Å². The van der Waals surface area contributed by atoms with E-state index in [-0.39, 0.29) is 0 Å². The van der Waals surface area contributed by atoms with Crippen LogP contribution in [-0.2, 0) is 0 Å². The number of nitrogens with zero attached hydrogens (tertiary/aromatic N) is 3. The van der Waals surface area contributed by atoms with Crippen molar-refractivity contribution in [1.29, 1.82) is 0 Å². The predicted octanol–water partition coefficient (Wildman–Crippen LogP) is 2.53. The minimum atomic E-state index is 0.408. The molecule has 3 nitrogen and oxygen atoms in total. The maximum absolute atomic E-state index is 4.47. The second-order valence-electron chi connectivity index (χ2n) is 3.51. The molecule has 0 amide bonds. The lowest BCUT2D eigenvalue weighted by atomic mass is 10.2. The molecular formula is C11H13N3. The number of hydrogen-bond donors (Lipinski definition) is 0. The van der Waals surface area contributed by atoms with Crippen LogP contribution >= 0.6 is 0 Å². The number of pyridine rings is 1. The Morgan fingerprint density at radius 3 is 2.43 bits per heavy atom. The van der Waals surface area contributed by atoms with Crippen molar-refractivity contribution in [3.63, 3.8) is 0 Å². The summed E-state index contributed by atoms with van der Waals surface area (Å²) in [6, 6.07) is 6.36. The molecule has 2 aromatic rings. The van der Waals surface area contributed by atoms with Gasteiger partial charge in [-0.3, -0.25) is 9.67 Å². The molecule has 0 N–H and O–H groups in total. The first-order valence-corrected chi connectivity index (χ1v) is 4.73. The zero-order valence-electron chi connectivity index (χ0n) is 8.38. The molecule has 0 saturated heterocycles. The Kier molecular flexibility index (Phi) is 2.31. The number of rotatable bonds is 2. The monoisotopic (exact) mass is 187 g/mol. The van der Waals surface area contributed by atoms with Gasteiger partial charge in [-0.15, -0.1) is 0 Å². The van der Waals surface area contributed by atoms with Crippen molar-refractivity contribution in [2.75, 3.05) is 0 Å². The van der Waals surface area contributed by atoms with Crippen molar-refractivity contribution in [1.82, 2.24) is 14.8 Å². The average Bonchev–Trinajstić information content (AvgIpc) is 2.68. The summed E-state index contributed by atoms with van der Waals surface area (Å²) in [5, 5.41) is 4.47. The third kappa shape index (κ3) is 1.66. The fourth-order valence-electron chi connectivity index (χ4n) is 1.30. The summed E-state index contributed by atoms with van der Waals surface area (Å²) in [4.78, 5) is 3.98. The minimum absolute atomic E-state index is 0.408. The maximum Gasteiger partial charge on any atom is 0.0924 e. The molecular weight excluding hydrogens is 174 g/mol. The SMILES string of the molecule is CC(C)n1ccc(-c2ccncc2)n1. The smallest absolute Gasteiger partial charge is 0.0924 e. The molecule has 0 aliphatic heterocycles. The van der Waals surface area contributed by atoms with Gasteiger partial charge >= 0.3 is 0 Å². The Hall–Kier alpha value is -1.64. The van der Waals surface area contributed by atoms with Crippen molar-refractivity contribution in [2.45, 2.75) is 19.9 Å². The van der Waals surface area contributed by atoms with E-state index in [1.807, 2.05) is 29.1 Å². The van der Waals surface area contributed by atoms with Gasteiger partial charge < -0.3 is 0 Å². The van der Waals surface area contributed by atoms with E-state index in [9.17, 15) is 0 Å². The fraction of sp³-hybridized carbons (Fsp3) is 0.273. The Labute approximate surface area is 83.4 Å². The topological polar surface area (TPSA) is 30.7 Å². The molecule has 0 bridgehead atoms. The Morgan fingerprint density at radius 2 is 1.86 bits per heavy atom. The first-order valence-electron chi connectivity index (χ1n) is 4.73. The molecule has 0 fully saturated rings. The third-order valence-corrected chi connectivity index (χ3v) is 2.11. The predicted molar refractivity (Wildman–Crippen MR) is 55.8 cm³/mol. The number of hydrogen-bond acceptors (Lipinski definition) is 2. The summed E-state index contributed by atoms with van der Waals surface area (Å²) < 4.78 is 1.95. The summed E-state index contributed by atoms with van der Waals surface area (Å²) in [6.45, 7) is 4.23. The molecule has 0 radical (unpaired) electrons. The molecule has 14 heavy (non-hydrogen) atoms. The van der Waals surface area contributed by atoms with Gasteiger partial charge in [-0.1, -0.05) is 0 Å². The highest BCUT2D eigenvalue weighted by molar-refractivity contribution is 5.57. The van der Waals surface area contributed by atoms with E-state index in [1.165, 1.54) is 0 Å². The van der Waals surface area contributed by atoms with Gasteiger partial charge in [0.1, 0.15) is 0 Å². The largest absolute Gasteiger partial charge is 0.270 e. The Bertz CT molecular complexity index is 403. The van der Waals surface area contributed by atoms with Crippen LogP contribution in [0.15, 0.2) is 36.8 Å². The lowest BCUT2D eigenvalue weighted by Gasteiger charge is -2.03. The molecule has 0 aliphatic carbocycles. The van der Waals surface area contributed by atoms with Crippen LogP contribution in [0.3, 0.4) is 0 Å². The van der Waals surface area contributed by atoms with Gasteiger partial charge in [0.2, 0.25) is 0 Å². The number of aromatic nitrogens is 3. The molecule has 72 valence electrons. The zero-order valence-corrected chi connectivity index (χ0v) is 8.38. The van der Waals surface area contributed by atoms with Crippen molar-refractivity contribution in [3.8, 4) is 11.3 Å². The van der Waals surface area contributed by atoms with Crippen molar-refractivity contribution >= 4 is 0 Å². The second-order valence-corrected chi connectivity index (χ2v) is 3.51. The van der Waals surface area contributed by atoms with E-state index < -0.39 is 0 Å². The van der Waals surface area contributed by atoms with Crippen LogP contribution in [0.5, 0.6) is 0 Å². The van der Waals surface area contributed by atoms with Crippen LogP contribution in [0.25, 0.3) is 11.3 Å². The summed E-state index contributed by atoms with van der Waals surface area (Å²) in [5.74, 6) is 0. The summed E-state index contributed by atoms with van der Waals surface area (Å²) in [7, 11) is 0. The normalized spacial score (nSPS) is 10.8. The molecule has 2 rings (SSSR count). The van der Waals surface area contributed by atoms with E-state index in [0.717, 1.165) is 11.3 Å². The Balaban J connectivity index is 2.34. The molecule has 0 saturated carbocycles. The Morgan fingerprint density at radius 1 is 1.14 bits per heavy atom. The molecule has 2 heterocycles. The highest BCUT2D eigenvalue weighted by atomic mass is 15.3. The van der Waals surface area contributed by atoms with Gasteiger partial charge in [-0.25, -0.2) is 0 Å². The molecule has 0 atom stereocenters. The van der Waals surface area contributed by atoms with Gasteiger partial charge in [-0.2, -0.15) is 5.10 Å². The lowest BCUT2D eigenvalue weighted by Crippen LogP contribution is -2.00. The van der Waals surface area contributed by atoms with E-state index in [4.69, 9.17) is 0 Å². The lowest BCUT2D eigenvalue weighted by molar-refractivity contribution is 0.534. The molecule has 2 aromatic heterocycles. The summed E-state index contributed by atoms with van der Waals surface area (Å²) in [5.41, 5.74) is 2.11. The molecule has 0 aliphatic rings. The standard InChI is InChI=1S/C11H13N3/c1-9(2)14-8-5-11(13-14)10-3-6-12-7-4-10/h3-9H,1-2H3. The minimum Gasteiger partial charge on any atom is -0.270 e. The van der Waals surface area contributed by atoms with Crippen molar-refractivity contribution in [2.24, 2.45) is 0 Å². The van der Waals surface area contributed by atoms with E-state index >= 15 is 0 Å². The van der Waals surface area contributed by atoms with Crippen LogP contribution in [-0.4, -0.2) is 14.8 Å². The quantitative estimate of drug-likeness (QED) is 0.723. The van der Waals surface area contributed by atoms with E-state index in [2.05, 4.69) is 23.9 Å². The first-order chi connectivity index (χ1) is 6.77. The van der Waals surface area contributed by atoms with Gasteiger partial charge in [0.05, 0.1) is 5.69 Å². The molecule has 0 spiro atoms. The molecule has 0 unspecified atom stereocenters. The molecule has 3 heteroatoms. The van der Waals surface area contributed by atoms with E-state index in [0.29, 0.717) is 6.04 Å². The van der Waals surface area contributed by atoms with Crippen molar-refractivity contribution in [3.05, 3.63) is 36.8 Å². The maximum atomic E-state index is 4.47. The third-order valence-electron chi connectivity index (χ3n) is 2.11. The first kappa shape index (κ1) is 8.94.